The largest absolute Gasteiger partial charge is 0.356 e. The lowest BCUT2D eigenvalue weighted by Gasteiger charge is -2.30. The third-order valence-electron chi connectivity index (χ3n) is 2.99. The number of aryl methyl sites for hydroxylation is 2. The van der Waals surface area contributed by atoms with Gasteiger partial charge in [0.25, 0.3) is 0 Å². The van der Waals surface area contributed by atoms with Crippen molar-refractivity contribution < 1.29 is 0 Å². The van der Waals surface area contributed by atoms with E-state index < -0.39 is 0 Å². The average molecular weight is 240 g/mol. The van der Waals surface area contributed by atoms with Crippen molar-refractivity contribution in [3.8, 4) is 0 Å². The van der Waals surface area contributed by atoms with Crippen LogP contribution in [-0.4, -0.2) is 28.4 Å². The van der Waals surface area contributed by atoms with Crippen molar-refractivity contribution in [3.63, 3.8) is 0 Å². The fourth-order valence-electron chi connectivity index (χ4n) is 2.03. The first-order valence-corrected chi connectivity index (χ1v) is 6.36. The lowest BCUT2D eigenvalue weighted by molar-refractivity contribution is 0.579. The molecular weight excluding hydrogens is 222 g/mol. The van der Waals surface area contributed by atoms with Crippen LogP contribution >= 0.6 is 11.6 Å². The maximum absolute atomic E-state index is 6.10. The van der Waals surface area contributed by atoms with E-state index in [0.29, 0.717) is 5.38 Å². The molecular formula is C12H18ClN3. The van der Waals surface area contributed by atoms with Crippen LogP contribution in [0.25, 0.3) is 0 Å². The van der Waals surface area contributed by atoms with Gasteiger partial charge in [-0.1, -0.05) is 6.92 Å². The van der Waals surface area contributed by atoms with Gasteiger partial charge in [0.2, 0.25) is 0 Å². The highest BCUT2D eigenvalue weighted by Gasteiger charge is 2.18. The van der Waals surface area contributed by atoms with Crippen molar-refractivity contribution in [2.24, 2.45) is 0 Å². The van der Waals surface area contributed by atoms with E-state index in [4.69, 9.17) is 11.6 Å². The molecule has 0 bridgehead atoms. The summed E-state index contributed by atoms with van der Waals surface area (Å²) in [6.07, 6.45) is 3.06. The average Bonchev–Trinajstić information content (AvgIpc) is 2.29. The predicted octanol–water partition coefficient (Wildman–Crippen LogP) is 2.56. The van der Waals surface area contributed by atoms with E-state index >= 15 is 0 Å². The molecule has 1 fully saturated rings. The van der Waals surface area contributed by atoms with Crippen LogP contribution in [0.1, 0.15) is 31.3 Å². The second-order valence-corrected chi connectivity index (χ2v) is 4.90. The number of piperidine rings is 1. The molecule has 0 amide bonds. The van der Waals surface area contributed by atoms with E-state index in [0.717, 1.165) is 49.7 Å². The van der Waals surface area contributed by atoms with Gasteiger partial charge in [0, 0.05) is 30.2 Å². The Hall–Kier alpha value is -0.830. The maximum atomic E-state index is 6.10. The van der Waals surface area contributed by atoms with Crippen LogP contribution in [0.3, 0.4) is 0 Å². The Balaban J connectivity index is 2.16. The van der Waals surface area contributed by atoms with Gasteiger partial charge in [0.15, 0.2) is 0 Å². The van der Waals surface area contributed by atoms with Crippen molar-refractivity contribution in [3.05, 3.63) is 17.6 Å². The molecule has 0 aromatic carbocycles. The van der Waals surface area contributed by atoms with Gasteiger partial charge in [-0.2, -0.15) is 0 Å². The summed E-state index contributed by atoms with van der Waals surface area (Å²) in [4.78, 5) is 11.2. The highest BCUT2D eigenvalue weighted by atomic mass is 35.5. The van der Waals surface area contributed by atoms with Crippen LogP contribution in [0.2, 0.25) is 0 Å². The zero-order valence-corrected chi connectivity index (χ0v) is 10.7. The minimum Gasteiger partial charge on any atom is -0.356 e. The van der Waals surface area contributed by atoms with Gasteiger partial charge in [-0.05, 0) is 26.2 Å². The Labute approximate surface area is 102 Å². The van der Waals surface area contributed by atoms with E-state index in [9.17, 15) is 0 Å². The molecule has 1 aliphatic heterocycles. The zero-order valence-electron chi connectivity index (χ0n) is 9.91. The first kappa shape index (κ1) is 11.6. The summed E-state index contributed by atoms with van der Waals surface area (Å²) in [5.74, 6) is 1.93. The molecule has 1 aromatic rings. The minimum absolute atomic E-state index is 0.338. The molecule has 1 aromatic heterocycles. The number of nitrogens with zero attached hydrogens (tertiary/aromatic N) is 3. The Morgan fingerprint density at radius 1 is 1.38 bits per heavy atom. The van der Waals surface area contributed by atoms with Gasteiger partial charge < -0.3 is 4.90 Å². The highest BCUT2D eigenvalue weighted by molar-refractivity contribution is 6.20. The van der Waals surface area contributed by atoms with E-state index in [2.05, 4.69) is 27.9 Å². The smallest absolute Gasteiger partial charge is 0.132 e. The Morgan fingerprint density at radius 3 is 2.69 bits per heavy atom. The third kappa shape index (κ3) is 2.64. The number of anilines is 1. The molecule has 3 nitrogen and oxygen atoms in total. The molecule has 88 valence electrons. The molecule has 0 radical (unpaired) electrons. The molecule has 0 aliphatic carbocycles. The summed E-state index contributed by atoms with van der Waals surface area (Å²) in [6.45, 7) is 6.09. The summed E-state index contributed by atoms with van der Waals surface area (Å²) in [6, 6.07) is 2.10. The van der Waals surface area contributed by atoms with Crippen LogP contribution < -0.4 is 4.90 Å². The number of aromatic nitrogens is 2. The molecule has 2 rings (SSSR count). The van der Waals surface area contributed by atoms with Gasteiger partial charge in [-0.25, -0.2) is 9.97 Å². The minimum atomic E-state index is 0.338. The number of halogens is 1. The molecule has 0 spiro atoms. The number of hydrogen-bond acceptors (Lipinski definition) is 3. The first-order chi connectivity index (χ1) is 7.69. The summed E-state index contributed by atoms with van der Waals surface area (Å²) >= 11 is 6.10. The normalized spacial score (nSPS) is 17.8. The van der Waals surface area contributed by atoms with E-state index in [1.54, 1.807) is 0 Å². The van der Waals surface area contributed by atoms with Crippen LogP contribution in [-0.2, 0) is 6.42 Å². The van der Waals surface area contributed by atoms with Crippen molar-refractivity contribution in [2.75, 3.05) is 18.0 Å². The first-order valence-electron chi connectivity index (χ1n) is 5.92. The quantitative estimate of drug-likeness (QED) is 0.743. The summed E-state index contributed by atoms with van der Waals surface area (Å²) in [5, 5.41) is 0.338. The van der Waals surface area contributed by atoms with Gasteiger partial charge >= 0.3 is 0 Å². The number of hydrogen-bond donors (Lipinski definition) is 0. The molecule has 1 aliphatic rings. The third-order valence-corrected chi connectivity index (χ3v) is 3.42. The fraction of sp³-hybridized carbons (Fsp3) is 0.667. The Kier molecular flexibility index (Phi) is 3.64. The van der Waals surface area contributed by atoms with Crippen molar-refractivity contribution in [1.82, 2.24) is 9.97 Å². The van der Waals surface area contributed by atoms with Crippen LogP contribution in [0.5, 0.6) is 0 Å². The van der Waals surface area contributed by atoms with Crippen LogP contribution in [0.4, 0.5) is 5.82 Å². The summed E-state index contributed by atoms with van der Waals surface area (Å²) in [5.41, 5.74) is 1.12. The standard InChI is InChI=1S/C12H18ClN3/c1-3-11-8-12(15-9(2)14-11)16-6-4-10(13)5-7-16/h8,10H,3-7H2,1-2H3. The van der Waals surface area contributed by atoms with Crippen LogP contribution in [0.15, 0.2) is 6.07 Å². The monoisotopic (exact) mass is 239 g/mol. The second kappa shape index (κ2) is 5.00. The topological polar surface area (TPSA) is 29.0 Å². The lowest BCUT2D eigenvalue weighted by atomic mass is 10.1. The van der Waals surface area contributed by atoms with Crippen molar-refractivity contribution in [2.45, 2.75) is 38.5 Å². The number of rotatable bonds is 2. The van der Waals surface area contributed by atoms with Gasteiger partial charge in [-0.3, -0.25) is 0 Å². The zero-order chi connectivity index (χ0) is 11.5. The molecule has 0 unspecified atom stereocenters. The maximum Gasteiger partial charge on any atom is 0.132 e. The Bertz CT molecular complexity index is 359. The second-order valence-electron chi connectivity index (χ2n) is 4.28. The molecule has 0 saturated carbocycles. The van der Waals surface area contributed by atoms with E-state index in [1.807, 2.05) is 6.92 Å². The van der Waals surface area contributed by atoms with E-state index in [1.165, 1.54) is 0 Å². The molecule has 0 N–H and O–H groups in total. The fourth-order valence-corrected chi connectivity index (χ4v) is 2.23. The van der Waals surface area contributed by atoms with Gasteiger partial charge in [0.1, 0.15) is 11.6 Å². The molecule has 1 saturated heterocycles. The number of alkyl halides is 1. The molecule has 16 heavy (non-hydrogen) atoms. The lowest BCUT2D eigenvalue weighted by Crippen LogP contribution is -2.34. The predicted molar refractivity (Wildman–Crippen MR) is 67.2 cm³/mol. The molecule has 0 atom stereocenters. The van der Waals surface area contributed by atoms with Crippen LogP contribution in [0, 0.1) is 6.92 Å². The van der Waals surface area contributed by atoms with Crippen molar-refractivity contribution in [1.29, 1.82) is 0 Å². The summed E-state index contributed by atoms with van der Waals surface area (Å²) in [7, 11) is 0. The summed E-state index contributed by atoms with van der Waals surface area (Å²) < 4.78 is 0. The van der Waals surface area contributed by atoms with E-state index in [-0.39, 0.29) is 0 Å². The van der Waals surface area contributed by atoms with Gasteiger partial charge in [0.05, 0.1) is 0 Å². The van der Waals surface area contributed by atoms with Gasteiger partial charge in [-0.15, -0.1) is 11.6 Å². The Morgan fingerprint density at radius 2 is 2.06 bits per heavy atom. The SMILES string of the molecule is CCc1cc(N2CCC(Cl)CC2)nc(C)n1. The highest BCUT2D eigenvalue weighted by Crippen LogP contribution is 2.21. The van der Waals surface area contributed by atoms with Crippen molar-refractivity contribution >= 4 is 17.4 Å². The molecule has 2 heterocycles. The molecule has 4 heteroatoms.